The van der Waals surface area contributed by atoms with Gasteiger partial charge in [0.25, 0.3) is 5.91 Å². The normalized spacial score (nSPS) is 20.2. The number of benzene rings is 1. The van der Waals surface area contributed by atoms with E-state index in [1.54, 1.807) is 4.90 Å². The second-order valence-electron chi connectivity index (χ2n) is 10.0. The molecule has 1 aromatic carbocycles. The van der Waals surface area contributed by atoms with Gasteiger partial charge < -0.3 is 19.0 Å². The average Bonchev–Trinajstić information content (AvgIpc) is 3.12. The number of piperidine rings is 1. The fourth-order valence-electron chi connectivity index (χ4n) is 4.86. The van der Waals surface area contributed by atoms with E-state index in [1.165, 1.54) is 0 Å². The summed E-state index contributed by atoms with van der Waals surface area (Å²) in [5.74, 6) is 0.987. The summed E-state index contributed by atoms with van der Waals surface area (Å²) in [5.41, 5.74) is 2.55. The van der Waals surface area contributed by atoms with Gasteiger partial charge in [-0.1, -0.05) is 13.8 Å². The third-order valence-electron chi connectivity index (χ3n) is 6.93. The number of furan rings is 1. The summed E-state index contributed by atoms with van der Waals surface area (Å²) in [7, 11) is -3.06. The lowest BCUT2D eigenvalue weighted by Crippen LogP contribution is -2.43. The van der Waals surface area contributed by atoms with Crippen LogP contribution in [0.5, 0.6) is 5.75 Å². The van der Waals surface area contributed by atoms with E-state index in [0.717, 1.165) is 48.2 Å². The number of hydrogen-bond donors (Lipinski definition) is 0. The molecule has 2 aromatic rings. The lowest BCUT2D eigenvalue weighted by atomic mass is 9.97. The summed E-state index contributed by atoms with van der Waals surface area (Å²) in [6.07, 6.45) is 2.16. The van der Waals surface area contributed by atoms with Crippen molar-refractivity contribution in [1.29, 1.82) is 0 Å². The SMILES string of the molecule is Cc1cc2c(C(C)C)c(C(=O)N3CCS(=O)(=O)CC3)oc2cc1OC1CCN(C(C)C)CC1. The number of likely N-dealkylation sites (tertiary alicyclic amines) is 1. The van der Waals surface area contributed by atoms with E-state index in [0.29, 0.717) is 17.4 Å². The van der Waals surface area contributed by atoms with Crippen molar-refractivity contribution in [3.63, 3.8) is 0 Å². The Labute approximate surface area is 197 Å². The fourth-order valence-corrected chi connectivity index (χ4v) is 6.06. The molecule has 0 bridgehead atoms. The Balaban J connectivity index is 1.60. The van der Waals surface area contributed by atoms with Gasteiger partial charge in [0, 0.05) is 49.2 Å². The van der Waals surface area contributed by atoms with Crippen LogP contribution in [0.2, 0.25) is 0 Å². The zero-order chi connectivity index (χ0) is 23.9. The van der Waals surface area contributed by atoms with Crippen LogP contribution < -0.4 is 4.74 Å². The van der Waals surface area contributed by atoms with Crippen LogP contribution in [0, 0.1) is 6.92 Å². The van der Waals surface area contributed by atoms with E-state index in [9.17, 15) is 13.2 Å². The van der Waals surface area contributed by atoms with Crippen molar-refractivity contribution >= 4 is 26.7 Å². The maximum atomic E-state index is 13.3. The Hall–Kier alpha value is -2.06. The summed E-state index contributed by atoms with van der Waals surface area (Å²) in [6, 6.07) is 4.53. The molecule has 0 spiro atoms. The fraction of sp³-hybridized carbons (Fsp3) is 0.640. The van der Waals surface area contributed by atoms with Crippen molar-refractivity contribution in [2.24, 2.45) is 0 Å². The highest BCUT2D eigenvalue weighted by molar-refractivity contribution is 7.91. The molecular weight excluding hydrogens is 440 g/mol. The molecule has 2 saturated heterocycles. The molecular formula is C25H36N2O5S. The molecule has 7 nitrogen and oxygen atoms in total. The Morgan fingerprint density at radius 2 is 1.70 bits per heavy atom. The highest BCUT2D eigenvalue weighted by Crippen LogP contribution is 2.37. The number of carbonyl (C=O) groups excluding carboxylic acids is 1. The van der Waals surface area contributed by atoms with E-state index >= 15 is 0 Å². The summed E-state index contributed by atoms with van der Waals surface area (Å²) < 4.78 is 36.1. The van der Waals surface area contributed by atoms with E-state index in [-0.39, 0.29) is 42.5 Å². The molecule has 0 N–H and O–H groups in total. The smallest absolute Gasteiger partial charge is 0.289 e. The van der Waals surface area contributed by atoms with Crippen LogP contribution in [0.1, 0.15) is 68.1 Å². The predicted molar refractivity (Wildman–Crippen MR) is 130 cm³/mol. The average molecular weight is 477 g/mol. The van der Waals surface area contributed by atoms with Crippen molar-refractivity contribution in [2.45, 2.75) is 65.5 Å². The third kappa shape index (κ3) is 5.06. The van der Waals surface area contributed by atoms with Crippen molar-refractivity contribution < 1.29 is 22.4 Å². The molecule has 182 valence electrons. The van der Waals surface area contributed by atoms with Gasteiger partial charge in [0.05, 0.1) is 11.5 Å². The van der Waals surface area contributed by atoms with Gasteiger partial charge in [0.2, 0.25) is 0 Å². The van der Waals surface area contributed by atoms with Crippen LogP contribution in [0.3, 0.4) is 0 Å². The van der Waals surface area contributed by atoms with Gasteiger partial charge >= 0.3 is 0 Å². The number of amides is 1. The minimum Gasteiger partial charge on any atom is -0.490 e. The first-order valence-corrected chi connectivity index (χ1v) is 13.9. The van der Waals surface area contributed by atoms with Gasteiger partial charge in [-0.15, -0.1) is 0 Å². The Morgan fingerprint density at radius 1 is 1.06 bits per heavy atom. The highest BCUT2D eigenvalue weighted by Gasteiger charge is 2.31. The molecule has 0 atom stereocenters. The number of aryl methyl sites for hydroxylation is 1. The van der Waals surface area contributed by atoms with Gasteiger partial charge in [0.1, 0.15) is 17.4 Å². The molecule has 8 heteroatoms. The molecule has 33 heavy (non-hydrogen) atoms. The second-order valence-corrected chi connectivity index (χ2v) is 12.3. The predicted octanol–water partition coefficient (Wildman–Crippen LogP) is 3.99. The monoisotopic (exact) mass is 476 g/mol. The van der Waals surface area contributed by atoms with E-state index in [2.05, 4.69) is 24.8 Å². The maximum absolute atomic E-state index is 13.3. The quantitative estimate of drug-likeness (QED) is 0.649. The van der Waals surface area contributed by atoms with Crippen molar-refractivity contribution in [2.75, 3.05) is 37.7 Å². The zero-order valence-electron chi connectivity index (χ0n) is 20.4. The molecule has 0 saturated carbocycles. The van der Waals surface area contributed by atoms with Crippen molar-refractivity contribution in [3.05, 3.63) is 29.0 Å². The van der Waals surface area contributed by atoms with Crippen LogP contribution in [0.15, 0.2) is 16.5 Å². The molecule has 2 aliphatic heterocycles. The lowest BCUT2D eigenvalue weighted by molar-refractivity contribution is 0.0738. The maximum Gasteiger partial charge on any atom is 0.289 e. The number of fused-ring (bicyclic) bond motifs is 1. The number of ether oxygens (including phenoxy) is 1. The molecule has 4 rings (SSSR count). The first-order chi connectivity index (χ1) is 15.6. The number of carbonyl (C=O) groups is 1. The van der Waals surface area contributed by atoms with Crippen LogP contribution in [-0.4, -0.2) is 74.0 Å². The Bertz CT molecular complexity index is 1110. The first kappa shape index (κ1) is 24.1. The molecule has 0 aliphatic carbocycles. The molecule has 0 unspecified atom stereocenters. The van der Waals surface area contributed by atoms with E-state index in [1.807, 2.05) is 26.8 Å². The van der Waals surface area contributed by atoms with Crippen molar-refractivity contribution in [3.8, 4) is 5.75 Å². The van der Waals surface area contributed by atoms with Gasteiger partial charge in [0.15, 0.2) is 15.6 Å². The minimum atomic E-state index is -3.06. The van der Waals surface area contributed by atoms with Gasteiger partial charge in [-0.3, -0.25) is 4.79 Å². The van der Waals surface area contributed by atoms with Crippen LogP contribution in [0.4, 0.5) is 0 Å². The lowest BCUT2D eigenvalue weighted by Gasteiger charge is -2.34. The van der Waals surface area contributed by atoms with Gasteiger partial charge in [-0.05, 0) is 51.2 Å². The van der Waals surface area contributed by atoms with Gasteiger partial charge in [-0.25, -0.2) is 8.42 Å². The topological polar surface area (TPSA) is 80.1 Å². The standard InChI is InChI=1S/C25H36N2O5S/c1-16(2)23-20-14-18(5)21(31-19-6-8-26(9-7-19)17(3)4)15-22(20)32-24(23)25(28)27-10-12-33(29,30)13-11-27/h14-17,19H,6-13H2,1-5H3. The van der Waals surface area contributed by atoms with Crippen LogP contribution >= 0.6 is 0 Å². The van der Waals surface area contributed by atoms with E-state index < -0.39 is 9.84 Å². The molecule has 1 aromatic heterocycles. The summed E-state index contributed by atoms with van der Waals surface area (Å²) in [4.78, 5) is 17.3. The van der Waals surface area contributed by atoms with Crippen LogP contribution in [0.25, 0.3) is 11.0 Å². The molecule has 2 aliphatic rings. The Kier molecular flexibility index (Phi) is 6.78. The molecule has 1 amide bonds. The molecule has 0 radical (unpaired) electrons. The highest BCUT2D eigenvalue weighted by atomic mass is 32.2. The second kappa shape index (κ2) is 9.29. The first-order valence-electron chi connectivity index (χ1n) is 12.0. The summed E-state index contributed by atoms with van der Waals surface area (Å²) in [6.45, 7) is 13.1. The number of sulfone groups is 1. The summed E-state index contributed by atoms with van der Waals surface area (Å²) in [5, 5.41) is 0.928. The largest absolute Gasteiger partial charge is 0.490 e. The zero-order valence-corrected chi connectivity index (χ0v) is 21.2. The Morgan fingerprint density at radius 3 is 2.27 bits per heavy atom. The number of rotatable bonds is 5. The number of hydrogen-bond acceptors (Lipinski definition) is 6. The van der Waals surface area contributed by atoms with Crippen LogP contribution in [-0.2, 0) is 9.84 Å². The molecule has 2 fully saturated rings. The summed E-state index contributed by atoms with van der Waals surface area (Å²) >= 11 is 0. The van der Waals surface area contributed by atoms with Gasteiger partial charge in [-0.2, -0.15) is 0 Å². The minimum absolute atomic E-state index is 0.00268. The third-order valence-corrected chi connectivity index (χ3v) is 8.54. The number of nitrogens with zero attached hydrogens (tertiary/aromatic N) is 2. The molecule has 3 heterocycles. The van der Waals surface area contributed by atoms with E-state index in [4.69, 9.17) is 9.15 Å². The van der Waals surface area contributed by atoms with Crippen molar-refractivity contribution in [1.82, 2.24) is 9.80 Å².